The van der Waals surface area contributed by atoms with Gasteiger partial charge in [-0.3, -0.25) is 0 Å². The van der Waals surface area contributed by atoms with Crippen molar-refractivity contribution < 1.29 is 0 Å². The molecular formula is C17H29N. The van der Waals surface area contributed by atoms with Gasteiger partial charge in [0.15, 0.2) is 0 Å². The highest BCUT2D eigenvalue weighted by Gasteiger charge is 2.26. The van der Waals surface area contributed by atoms with Gasteiger partial charge in [0.2, 0.25) is 0 Å². The third-order valence-electron chi connectivity index (χ3n) is 4.10. The maximum absolute atomic E-state index is 6.01. The molecule has 1 heteroatoms. The SMILES string of the molecule is CCC(C)c1ccc(C(C)(CN)CC(C)C)cc1. The first-order valence-corrected chi connectivity index (χ1v) is 7.23. The topological polar surface area (TPSA) is 26.0 Å². The zero-order chi connectivity index (χ0) is 13.8. The first kappa shape index (κ1) is 15.2. The van der Waals surface area contributed by atoms with Crippen LogP contribution in [0.2, 0.25) is 0 Å². The lowest BCUT2D eigenvalue weighted by Gasteiger charge is -2.31. The largest absolute Gasteiger partial charge is 0.330 e. The Morgan fingerprint density at radius 1 is 1.11 bits per heavy atom. The van der Waals surface area contributed by atoms with E-state index in [1.165, 1.54) is 17.5 Å². The molecule has 1 nitrogen and oxygen atoms in total. The van der Waals surface area contributed by atoms with Crippen LogP contribution in [0.25, 0.3) is 0 Å². The van der Waals surface area contributed by atoms with Crippen LogP contribution < -0.4 is 5.73 Å². The molecule has 1 rings (SSSR count). The van der Waals surface area contributed by atoms with E-state index in [-0.39, 0.29) is 5.41 Å². The highest BCUT2D eigenvalue weighted by molar-refractivity contribution is 5.30. The van der Waals surface area contributed by atoms with Gasteiger partial charge in [-0.25, -0.2) is 0 Å². The van der Waals surface area contributed by atoms with Gasteiger partial charge in [0.25, 0.3) is 0 Å². The molecular weight excluding hydrogens is 218 g/mol. The molecule has 1 aromatic carbocycles. The second kappa shape index (κ2) is 6.38. The van der Waals surface area contributed by atoms with Crippen LogP contribution in [0, 0.1) is 5.92 Å². The predicted molar refractivity (Wildman–Crippen MR) is 81.0 cm³/mol. The Labute approximate surface area is 113 Å². The molecule has 0 spiro atoms. The molecule has 2 N–H and O–H groups in total. The first-order valence-electron chi connectivity index (χ1n) is 7.23. The molecule has 2 atom stereocenters. The van der Waals surface area contributed by atoms with E-state index in [0.717, 1.165) is 6.42 Å². The fourth-order valence-electron chi connectivity index (χ4n) is 2.67. The summed E-state index contributed by atoms with van der Waals surface area (Å²) in [6.45, 7) is 12.1. The molecule has 102 valence electrons. The summed E-state index contributed by atoms with van der Waals surface area (Å²) in [6.07, 6.45) is 2.34. The molecule has 0 fully saturated rings. The van der Waals surface area contributed by atoms with Crippen molar-refractivity contribution in [2.24, 2.45) is 11.7 Å². The van der Waals surface area contributed by atoms with E-state index in [2.05, 4.69) is 58.9 Å². The molecule has 1 aromatic rings. The van der Waals surface area contributed by atoms with Crippen molar-refractivity contribution in [3.63, 3.8) is 0 Å². The van der Waals surface area contributed by atoms with Gasteiger partial charge < -0.3 is 5.73 Å². The summed E-state index contributed by atoms with van der Waals surface area (Å²) in [4.78, 5) is 0. The number of hydrogen-bond acceptors (Lipinski definition) is 1. The van der Waals surface area contributed by atoms with Gasteiger partial charge in [-0.2, -0.15) is 0 Å². The molecule has 0 saturated carbocycles. The third-order valence-corrected chi connectivity index (χ3v) is 4.10. The van der Waals surface area contributed by atoms with Crippen molar-refractivity contribution in [2.75, 3.05) is 6.54 Å². The van der Waals surface area contributed by atoms with Gasteiger partial charge in [-0.1, -0.05) is 58.9 Å². The summed E-state index contributed by atoms with van der Waals surface area (Å²) in [6, 6.07) is 9.10. The molecule has 2 unspecified atom stereocenters. The minimum atomic E-state index is 0.113. The zero-order valence-corrected chi connectivity index (χ0v) is 12.7. The Bertz CT molecular complexity index is 352. The Morgan fingerprint density at radius 2 is 1.67 bits per heavy atom. The number of hydrogen-bond donors (Lipinski definition) is 1. The molecule has 0 radical (unpaired) electrons. The van der Waals surface area contributed by atoms with Crippen LogP contribution in [0.3, 0.4) is 0 Å². The van der Waals surface area contributed by atoms with Crippen LogP contribution in [0.5, 0.6) is 0 Å². The normalized spacial score (nSPS) is 16.6. The quantitative estimate of drug-likeness (QED) is 0.789. The second-order valence-electron chi connectivity index (χ2n) is 6.29. The van der Waals surface area contributed by atoms with E-state index in [4.69, 9.17) is 5.73 Å². The van der Waals surface area contributed by atoms with Crippen molar-refractivity contribution in [1.82, 2.24) is 0 Å². The number of nitrogens with two attached hydrogens (primary N) is 1. The van der Waals surface area contributed by atoms with Gasteiger partial charge >= 0.3 is 0 Å². The highest BCUT2D eigenvalue weighted by atomic mass is 14.6. The zero-order valence-electron chi connectivity index (χ0n) is 12.7. The van der Waals surface area contributed by atoms with Crippen molar-refractivity contribution in [3.05, 3.63) is 35.4 Å². The Morgan fingerprint density at radius 3 is 2.06 bits per heavy atom. The highest BCUT2D eigenvalue weighted by Crippen LogP contribution is 2.31. The minimum absolute atomic E-state index is 0.113. The minimum Gasteiger partial charge on any atom is -0.330 e. The van der Waals surface area contributed by atoms with E-state index in [0.29, 0.717) is 18.4 Å². The summed E-state index contributed by atoms with van der Waals surface area (Å²) < 4.78 is 0. The van der Waals surface area contributed by atoms with Crippen LogP contribution in [0.1, 0.15) is 64.5 Å². The lowest BCUT2D eigenvalue weighted by molar-refractivity contribution is 0.377. The van der Waals surface area contributed by atoms with Crippen molar-refractivity contribution >= 4 is 0 Å². The van der Waals surface area contributed by atoms with E-state index in [1.807, 2.05) is 0 Å². The Balaban J connectivity index is 2.94. The van der Waals surface area contributed by atoms with Gasteiger partial charge in [0.1, 0.15) is 0 Å². The summed E-state index contributed by atoms with van der Waals surface area (Å²) in [5.41, 5.74) is 8.94. The maximum Gasteiger partial charge on any atom is 0.00497 e. The average Bonchev–Trinajstić information content (AvgIpc) is 2.37. The summed E-state index contributed by atoms with van der Waals surface area (Å²) >= 11 is 0. The Hall–Kier alpha value is -0.820. The van der Waals surface area contributed by atoms with Gasteiger partial charge in [-0.05, 0) is 35.8 Å². The first-order chi connectivity index (χ1) is 8.42. The lowest BCUT2D eigenvalue weighted by Crippen LogP contribution is -2.33. The fraction of sp³-hybridized carbons (Fsp3) is 0.647. The number of benzene rings is 1. The smallest absolute Gasteiger partial charge is 0.00497 e. The molecule has 0 saturated heterocycles. The van der Waals surface area contributed by atoms with E-state index in [9.17, 15) is 0 Å². The summed E-state index contributed by atoms with van der Waals surface area (Å²) in [5.74, 6) is 1.32. The standard InChI is InChI=1S/C17H29N/c1-6-14(4)15-7-9-16(10-8-15)17(5,12-18)11-13(2)3/h7-10,13-14H,6,11-12,18H2,1-5H3. The second-order valence-corrected chi connectivity index (χ2v) is 6.29. The summed E-state index contributed by atoms with van der Waals surface area (Å²) in [7, 11) is 0. The van der Waals surface area contributed by atoms with Crippen LogP contribution in [0.15, 0.2) is 24.3 Å². The van der Waals surface area contributed by atoms with Crippen LogP contribution >= 0.6 is 0 Å². The molecule has 0 aliphatic rings. The third kappa shape index (κ3) is 3.58. The lowest BCUT2D eigenvalue weighted by atomic mass is 9.75. The summed E-state index contributed by atoms with van der Waals surface area (Å²) in [5, 5.41) is 0. The Kier molecular flexibility index (Phi) is 5.40. The van der Waals surface area contributed by atoms with E-state index >= 15 is 0 Å². The predicted octanol–water partition coefficient (Wildman–Crippen LogP) is 4.46. The molecule has 0 aliphatic heterocycles. The molecule has 0 heterocycles. The molecule has 0 bridgehead atoms. The maximum atomic E-state index is 6.01. The van der Waals surface area contributed by atoms with Crippen molar-refractivity contribution in [2.45, 2.75) is 58.8 Å². The molecule has 18 heavy (non-hydrogen) atoms. The average molecular weight is 247 g/mol. The number of rotatable bonds is 6. The van der Waals surface area contributed by atoms with Gasteiger partial charge in [0, 0.05) is 12.0 Å². The fourth-order valence-corrected chi connectivity index (χ4v) is 2.67. The van der Waals surface area contributed by atoms with E-state index < -0.39 is 0 Å². The van der Waals surface area contributed by atoms with Crippen molar-refractivity contribution in [1.29, 1.82) is 0 Å². The van der Waals surface area contributed by atoms with Gasteiger partial charge in [0.05, 0.1) is 0 Å². The molecule has 0 aliphatic carbocycles. The molecule has 0 aromatic heterocycles. The van der Waals surface area contributed by atoms with Crippen molar-refractivity contribution in [3.8, 4) is 0 Å². The van der Waals surface area contributed by atoms with Gasteiger partial charge in [-0.15, -0.1) is 0 Å². The monoisotopic (exact) mass is 247 g/mol. The van der Waals surface area contributed by atoms with Crippen LogP contribution in [0.4, 0.5) is 0 Å². The van der Waals surface area contributed by atoms with Crippen LogP contribution in [-0.4, -0.2) is 6.54 Å². The molecule has 0 amide bonds. The van der Waals surface area contributed by atoms with E-state index in [1.54, 1.807) is 0 Å². The van der Waals surface area contributed by atoms with Crippen LogP contribution in [-0.2, 0) is 5.41 Å².